The normalized spacial score (nSPS) is 16.4. The van der Waals surface area contributed by atoms with Crippen molar-refractivity contribution in [3.05, 3.63) is 52.2 Å². The molecule has 4 nitrogen and oxygen atoms in total. The molecule has 0 spiro atoms. The summed E-state index contributed by atoms with van der Waals surface area (Å²) in [4.78, 5) is 13.0. The zero-order valence-electron chi connectivity index (χ0n) is 16.3. The van der Waals surface area contributed by atoms with Crippen LogP contribution in [0.25, 0.3) is 0 Å². The standard InChI is InChI=1S/C22H29NO3S.ClH/c1-2-20(25)16-9-11-19(12-10-16)26-15-18(24)14-23-22(17-6-3-4-7-17)21-8-5-13-27-21;/h5,8-13,17-18,22-24H,2-4,6-7,14-15H2,1H3;1H. The molecule has 1 aromatic heterocycles. The second-order valence-corrected chi connectivity index (χ2v) is 8.19. The van der Waals surface area contributed by atoms with Gasteiger partial charge in [0, 0.05) is 29.4 Å². The molecule has 2 unspecified atom stereocenters. The van der Waals surface area contributed by atoms with Crippen LogP contribution >= 0.6 is 23.7 Å². The molecule has 3 rings (SSSR count). The van der Waals surface area contributed by atoms with Gasteiger partial charge in [0.05, 0.1) is 0 Å². The van der Waals surface area contributed by atoms with Crippen molar-refractivity contribution in [3.63, 3.8) is 0 Å². The van der Waals surface area contributed by atoms with Gasteiger partial charge in [0.25, 0.3) is 0 Å². The molecule has 0 saturated heterocycles. The highest BCUT2D eigenvalue weighted by Crippen LogP contribution is 2.37. The second kappa shape index (κ2) is 11.6. The van der Waals surface area contributed by atoms with Gasteiger partial charge in [-0.15, -0.1) is 23.7 Å². The van der Waals surface area contributed by atoms with E-state index >= 15 is 0 Å². The van der Waals surface area contributed by atoms with E-state index in [0.717, 1.165) is 0 Å². The minimum atomic E-state index is -0.578. The maximum atomic E-state index is 11.7. The summed E-state index contributed by atoms with van der Waals surface area (Å²) in [6, 6.07) is 11.7. The third-order valence-corrected chi connectivity index (χ3v) is 6.19. The van der Waals surface area contributed by atoms with Gasteiger partial charge in [0.1, 0.15) is 18.5 Å². The Morgan fingerprint density at radius 2 is 1.96 bits per heavy atom. The maximum Gasteiger partial charge on any atom is 0.162 e. The minimum Gasteiger partial charge on any atom is -0.491 e. The van der Waals surface area contributed by atoms with Gasteiger partial charge >= 0.3 is 0 Å². The van der Waals surface area contributed by atoms with E-state index in [2.05, 4.69) is 22.8 Å². The van der Waals surface area contributed by atoms with E-state index < -0.39 is 6.10 Å². The summed E-state index contributed by atoms with van der Waals surface area (Å²) < 4.78 is 5.69. The lowest BCUT2D eigenvalue weighted by Crippen LogP contribution is -2.36. The number of hydrogen-bond acceptors (Lipinski definition) is 5. The molecule has 1 aromatic carbocycles. The average molecular weight is 424 g/mol. The number of aliphatic hydroxyl groups excluding tert-OH is 1. The van der Waals surface area contributed by atoms with Crippen LogP contribution in [0.5, 0.6) is 5.75 Å². The molecule has 1 heterocycles. The summed E-state index contributed by atoms with van der Waals surface area (Å²) >= 11 is 1.78. The number of Topliss-reactive ketones (excluding diaryl/α,β-unsaturated/α-hetero) is 1. The van der Waals surface area contributed by atoms with E-state index in [-0.39, 0.29) is 24.8 Å². The Balaban J connectivity index is 0.00000280. The van der Waals surface area contributed by atoms with E-state index in [0.29, 0.717) is 36.2 Å². The fourth-order valence-corrected chi connectivity index (χ4v) is 4.61. The lowest BCUT2D eigenvalue weighted by molar-refractivity contribution is 0.0984. The van der Waals surface area contributed by atoms with E-state index in [1.807, 2.05) is 6.92 Å². The molecule has 1 fully saturated rings. The third kappa shape index (κ3) is 6.31. The van der Waals surface area contributed by atoms with Crippen LogP contribution < -0.4 is 10.1 Å². The van der Waals surface area contributed by atoms with Crippen molar-refractivity contribution in [2.24, 2.45) is 5.92 Å². The van der Waals surface area contributed by atoms with Gasteiger partial charge in [0.2, 0.25) is 0 Å². The SMILES string of the molecule is CCC(=O)c1ccc(OCC(O)CNC(c2cccs2)C2CCCC2)cc1.Cl. The number of carbonyl (C=O) groups is 1. The summed E-state index contributed by atoms with van der Waals surface area (Å²) in [6.45, 7) is 2.59. The van der Waals surface area contributed by atoms with Crippen molar-refractivity contribution in [2.45, 2.75) is 51.2 Å². The molecule has 2 atom stereocenters. The number of aliphatic hydroxyl groups is 1. The summed E-state index contributed by atoms with van der Waals surface area (Å²) in [5, 5.41) is 16.0. The van der Waals surface area contributed by atoms with Crippen molar-refractivity contribution in [2.75, 3.05) is 13.2 Å². The van der Waals surface area contributed by atoms with Gasteiger partial charge in [-0.25, -0.2) is 0 Å². The van der Waals surface area contributed by atoms with Crippen LogP contribution in [-0.4, -0.2) is 30.1 Å². The van der Waals surface area contributed by atoms with Crippen LogP contribution in [0.4, 0.5) is 0 Å². The fourth-order valence-electron chi connectivity index (χ4n) is 3.71. The summed E-state index contributed by atoms with van der Waals surface area (Å²) in [7, 11) is 0. The Bertz CT molecular complexity index is 699. The van der Waals surface area contributed by atoms with Gasteiger partial charge in [-0.05, 0) is 54.5 Å². The zero-order valence-corrected chi connectivity index (χ0v) is 17.9. The Hall–Kier alpha value is -1.40. The number of hydrogen-bond donors (Lipinski definition) is 2. The molecular weight excluding hydrogens is 394 g/mol. The molecule has 2 aromatic rings. The second-order valence-electron chi connectivity index (χ2n) is 7.21. The molecule has 0 bridgehead atoms. The quantitative estimate of drug-likeness (QED) is 0.526. The molecule has 0 amide bonds. The van der Waals surface area contributed by atoms with Crippen molar-refractivity contribution >= 4 is 29.5 Å². The molecule has 2 N–H and O–H groups in total. The van der Waals surface area contributed by atoms with Crippen LogP contribution in [0.2, 0.25) is 0 Å². The smallest absolute Gasteiger partial charge is 0.162 e. The fraction of sp³-hybridized carbons (Fsp3) is 0.500. The van der Waals surface area contributed by atoms with Crippen LogP contribution in [0.15, 0.2) is 41.8 Å². The highest BCUT2D eigenvalue weighted by molar-refractivity contribution is 7.10. The predicted octanol–water partition coefficient (Wildman–Crippen LogP) is 5.02. The van der Waals surface area contributed by atoms with Crippen LogP contribution in [0.3, 0.4) is 0 Å². The molecule has 0 radical (unpaired) electrons. The maximum absolute atomic E-state index is 11.7. The number of nitrogens with one attached hydrogen (secondary N) is 1. The van der Waals surface area contributed by atoms with Gasteiger partial charge < -0.3 is 15.2 Å². The van der Waals surface area contributed by atoms with E-state index in [1.165, 1.54) is 30.6 Å². The minimum absolute atomic E-state index is 0. The molecule has 28 heavy (non-hydrogen) atoms. The first-order chi connectivity index (χ1) is 13.2. The number of carbonyl (C=O) groups excluding carboxylic acids is 1. The van der Waals surface area contributed by atoms with Gasteiger partial charge in [-0.3, -0.25) is 4.79 Å². The highest BCUT2D eigenvalue weighted by atomic mass is 35.5. The van der Waals surface area contributed by atoms with E-state index in [1.54, 1.807) is 35.6 Å². The van der Waals surface area contributed by atoms with Crippen molar-refractivity contribution in [3.8, 4) is 5.75 Å². The van der Waals surface area contributed by atoms with Gasteiger partial charge in [0.15, 0.2) is 5.78 Å². The molecule has 154 valence electrons. The summed E-state index contributed by atoms with van der Waals surface area (Å²) in [5.74, 6) is 1.45. The third-order valence-electron chi connectivity index (χ3n) is 5.23. The Morgan fingerprint density at radius 3 is 2.57 bits per heavy atom. The lowest BCUT2D eigenvalue weighted by Gasteiger charge is -2.25. The molecule has 0 aliphatic heterocycles. The first-order valence-corrected chi connectivity index (χ1v) is 10.8. The van der Waals surface area contributed by atoms with Crippen LogP contribution in [-0.2, 0) is 0 Å². The molecule has 1 saturated carbocycles. The topological polar surface area (TPSA) is 58.6 Å². The lowest BCUT2D eigenvalue weighted by atomic mass is 9.96. The zero-order chi connectivity index (χ0) is 19.1. The number of halogens is 1. The Labute approximate surface area is 177 Å². The first-order valence-electron chi connectivity index (χ1n) is 9.88. The Morgan fingerprint density at radius 1 is 1.25 bits per heavy atom. The Kier molecular flexibility index (Phi) is 9.45. The van der Waals surface area contributed by atoms with Gasteiger partial charge in [-0.2, -0.15) is 0 Å². The van der Waals surface area contributed by atoms with Crippen LogP contribution in [0.1, 0.15) is 60.3 Å². The average Bonchev–Trinajstić information content (AvgIpc) is 3.41. The largest absolute Gasteiger partial charge is 0.491 e. The number of ketones is 1. The number of benzene rings is 1. The van der Waals surface area contributed by atoms with E-state index in [9.17, 15) is 9.90 Å². The van der Waals surface area contributed by atoms with Crippen molar-refractivity contribution in [1.82, 2.24) is 5.32 Å². The number of thiophene rings is 1. The summed E-state index contributed by atoms with van der Waals surface area (Å²) in [5.41, 5.74) is 0.697. The molecule has 1 aliphatic carbocycles. The van der Waals surface area contributed by atoms with E-state index in [4.69, 9.17) is 4.74 Å². The van der Waals surface area contributed by atoms with Crippen molar-refractivity contribution in [1.29, 1.82) is 0 Å². The molecule has 1 aliphatic rings. The number of ether oxygens (including phenoxy) is 1. The molecule has 6 heteroatoms. The van der Waals surface area contributed by atoms with Gasteiger partial charge in [-0.1, -0.05) is 25.8 Å². The predicted molar refractivity (Wildman–Crippen MR) is 117 cm³/mol. The summed E-state index contributed by atoms with van der Waals surface area (Å²) in [6.07, 6.45) is 5.03. The highest BCUT2D eigenvalue weighted by Gasteiger charge is 2.27. The first kappa shape index (κ1) is 22.9. The monoisotopic (exact) mass is 423 g/mol. The van der Waals surface area contributed by atoms with Crippen LogP contribution in [0, 0.1) is 5.92 Å². The van der Waals surface area contributed by atoms with Crippen molar-refractivity contribution < 1.29 is 14.6 Å². The molecular formula is C22H30ClNO3S. The number of rotatable bonds is 10.